The van der Waals surface area contributed by atoms with Gasteiger partial charge in [0, 0.05) is 27.6 Å². The minimum absolute atomic E-state index is 0.00151. The number of thiazole rings is 1. The largest absolute Gasteiger partial charge is 0.433 e. The number of hydrogen-bond donors (Lipinski definition) is 1. The van der Waals surface area contributed by atoms with E-state index in [9.17, 15) is 34.8 Å². The summed E-state index contributed by atoms with van der Waals surface area (Å²) in [4.78, 5) is 3.08. The third-order valence-corrected chi connectivity index (χ3v) is 6.64. The fraction of sp³-hybridized carbons (Fsp3) is 0.0870. The number of alkyl halides is 5. The third-order valence-electron chi connectivity index (χ3n) is 5.10. The summed E-state index contributed by atoms with van der Waals surface area (Å²) in [6.07, 6.45) is -5.12. The van der Waals surface area contributed by atoms with Crippen molar-refractivity contribution < 1.29 is 39.5 Å². The van der Waals surface area contributed by atoms with Gasteiger partial charge in [0.25, 0.3) is 0 Å². The topological polar surface area (TPSA) is 82.3 Å². The van der Waals surface area contributed by atoms with Gasteiger partial charge in [-0.3, -0.25) is 0 Å². The van der Waals surface area contributed by atoms with Gasteiger partial charge in [-0.1, -0.05) is 24.3 Å². The van der Waals surface area contributed by atoms with Crippen molar-refractivity contribution in [1.82, 2.24) is 4.98 Å². The normalized spacial score (nSPS) is 12.2. The molecule has 13 heteroatoms. The number of primary sulfonamides is 1. The number of hydrogen-bond acceptors (Lipinski definition) is 5. The predicted molar refractivity (Wildman–Crippen MR) is 121 cm³/mol. The molecular formula is C23H14F6N2O3S2. The van der Waals surface area contributed by atoms with Crippen LogP contribution in [0.15, 0.2) is 70.4 Å². The molecule has 0 atom stereocenters. The fourth-order valence-electron chi connectivity index (χ4n) is 3.75. The number of halogens is 6. The highest BCUT2D eigenvalue weighted by atomic mass is 32.2. The molecule has 4 rings (SSSR count). The molecule has 0 aliphatic carbocycles. The Hall–Kier alpha value is -3.42. The van der Waals surface area contributed by atoms with Crippen LogP contribution in [0.25, 0.3) is 33.5 Å². The summed E-state index contributed by atoms with van der Waals surface area (Å²) in [5.74, 6) is -1.55. The third kappa shape index (κ3) is 5.08. The molecule has 1 heterocycles. The van der Waals surface area contributed by atoms with Gasteiger partial charge < -0.3 is 4.74 Å². The Balaban J connectivity index is 2.25. The van der Waals surface area contributed by atoms with Crippen molar-refractivity contribution >= 4 is 21.4 Å². The number of aromatic nitrogens is 1. The lowest BCUT2D eigenvalue weighted by atomic mass is 9.89. The maximum absolute atomic E-state index is 14.2. The van der Waals surface area contributed by atoms with Crippen LogP contribution >= 0.6 is 11.3 Å². The number of nitrogens with zero attached hydrogens (tertiary/aromatic N) is 1. The molecule has 0 unspecified atom stereocenters. The second-order valence-electron chi connectivity index (χ2n) is 7.35. The predicted octanol–water partition coefficient (Wildman–Crippen LogP) is 6.55. The molecule has 4 aromatic rings. The highest BCUT2D eigenvalue weighted by molar-refractivity contribution is 7.89. The van der Waals surface area contributed by atoms with E-state index in [1.807, 2.05) is 0 Å². The summed E-state index contributed by atoms with van der Waals surface area (Å²) < 4.78 is 113. The molecule has 0 aliphatic rings. The first-order valence-corrected chi connectivity index (χ1v) is 12.4. The van der Waals surface area contributed by atoms with Crippen LogP contribution in [0, 0.1) is 5.82 Å². The SMILES string of the molecule is NS(=O)(=O)c1cccc(C(F)(F)F)c1-c1c(-c2cscn2)ccc(-c2cccc(F)c2)c1OC(F)F. The summed E-state index contributed by atoms with van der Waals surface area (Å²) in [5.41, 5.74) is -2.01. The molecule has 36 heavy (non-hydrogen) atoms. The molecule has 0 fully saturated rings. The minimum Gasteiger partial charge on any atom is -0.433 e. The van der Waals surface area contributed by atoms with Gasteiger partial charge in [0.1, 0.15) is 11.6 Å². The molecule has 0 saturated carbocycles. The average Bonchev–Trinajstić information content (AvgIpc) is 3.31. The van der Waals surface area contributed by atoms with Gasteiger partial charge in [-0.2, -0.15) is 22.0 Å². The van der Waals surface area contributed by atoms with Crippen LogP contribution in [0.1, 0.15) is 5.56 Å². The van der Waals surface area contributed by atoms with Crippen LogP contribution in [0.3, 0.4) is 0 Å². The molecule has 0 bridgehead atoms. The van der Waals surface area contributed by atoms with Crippen molar-refractivity contribution in [2.75, 3.05) is 0 Å². The van der Waals surface area contributed by atoms with Crippen LogP contribution < -0.4 is 9.88 Å². The summed E-state index contributed by atoms with van der Waals surface area (Å²) >= 11 is 1.07. The first-order chi connectivity index (χ1) is 16.9. The van der Waals surface area contributed by atoms with Gasteiger partial charge in [0.15, 0.2) is 0 Å². The van der Waals surface area contributed by atoms with Crippen LogP contribution in [0.2, 0.25) is 0 Å². The Labute approximate surface area is 204 Å². The van der Waals surface area contributed by atoms with Crippen LogP contribution in [0.5, 0.6) is 5.75 Å². The number of rotatable bonds is 6. The van der Waals surface area contributed by atoms with E-state index in [4.69, 9.17) is 9.88 Å². The highest BCUT2D eigenvalue weighted by Gasteiger charge is 2.39. The first-order valence-electron chi connectivity index (χ1n) is 9.87. The lowest BCUT2D eigenvalue weighted by Crippen LogP contribution is -2.18. The molecule has 0 radical (unpaired) electrons. The van der Waals surface area contributed by atoms with Gasteiger partial charge in [0.05, 0.1) is 21.7 Å². The maximum Gasteiger partial charge on any atom is 0.417 e. The standard InChI is InChI=1S/C23H14F6N2O3S2/c24-13-4-1-3-12(9-13)14-7-8-15(17-10-35-11-31-17)19(21(14)34-22(25)26)20-16(23(27,28)29)5-2-6-18(20)36(30,32)33/h1-11,22H,(H2,30,32,33). The molecule has 0 spiro atoms. The second-order valence-corrected chi connectivity index (χ2v) is 9.60. The molecule has 1 aromatic heterocycles. The van der Waals surface area contributed by atoms with Crippen LogP contribution in [-0.2, 0) is 16.2 Å². The zero-order chi connectivity index (χ0) is 26.3. The lowest BCUT2D eigenvalue weighted by molar-refractivity contribution is -0.137. The molecule has 0 aliphatic heterocycles. The Bertz CT molecular complexity index is 1520. The summed E-state index contributed by atoms with van der Waals surface area (Å²) in [6, 6.07) is 9.42. The van der Waals surface area contributed by atoms with E-state index in [2.05, 4.69) is 4.98 Å². The van der Waals surface area contributed by atoms with E-state index in [1.54, 1.807) is 0 Å². The number of nitrogens with two attached hydrogens (primary N) is 1. The van der Waals surface area contributed by atoms with Gasteiger partial charge in [-0.25, -0.2) is 22.9 Å². The van der Waals surface area contributed by atoms with E-state index in [1.165, 1.54) is 35.2 Å². The smallest absolute Gasteiger partial charge is 0.417 e. The van der Waals surface area contributed by atoms with Gasteiger partial charge in [-0.05, 0) is 35.9 Å². The van der Waals surface area contributed by atoms with Gasteiger partial charge in [0.2, 0.25) is 10.0 Å². The second kappa shape index (κ2) is 9.56. The monoisotopic (exact) mass is 544 g/mol. The molecule has 3 aromatic carbocycles. The molecule has 188 valence electrons. The molecule has 0 amide bonds. The Morgan fingerprint density at radius 3 is 2.25 bits per heavy atom. The number of sulfonamides is 1. The average molecular weight is 544 g/mol. The van der Waals surface area contributed by atoms with E-state index < -0.39 is 56.0 Å². The quantitative estimate of drug-likeness (QED) is 0.279. The van der Waals surface area contributed by atoms with Crippen molar-refractivity contribution in [3.63, 3.8) is 0 Å². The summed E-state index contributed by atoms with van der Waals surface area (Å²) in [5, 5.41) is 6.68. The van der Waals surface area contributed by atoms with E-state index >= 15 is 0 Å². The van der Waals surface area contributed by atoms with Crippen LogP contribution in [-0.4, -0.2) is 20.0 Å². The van der Waals surface area contributed by atoms with E-state index in [0.29, 0.717) is 6.07 Å². The van der Waals surface area contributed by atoms with Crippen molar-refractivity contribution in [3.8, 4) is 39.3 Å². The minimum atomic E-state index is -5.12. The maximum atomic E-state index is 14.2. The molecular weight excluding hydrogens is 530 g/mol. The van der Waals surface area contributed by atoms with Crippen molar-refractivity contribution in [1.29, 1.82) is 0 Å². The van der Waals surface area contributed by atoms with E-state index in [0.717, 1.165) is 35.6 Å². The Kier molecular flexibility index (Phi) is 6.82. The number of ether oxygens (including phenoxy) is 1. The van der Waals surface area contributed by atoms with E-state index in [-0.39, 0.29) is 22.4 Å². The van der Waals surface area contributed by atoms with Crippen molar-refractivity contribution in [3.05, 3.63) is 76.9 Å². The van der Waals surface area contributed by atoms with Gasteiger partial charge in [-0.15, -0.1) is 11.3 Å². The molecule has 0 saturated heterocycles. The lowest BCUT2D eigenvalue weighted by Gasteiger charge is -2.23. The van der Waals surface area contributed by atoms with Crippen molar-refractivity contribution in [2.45, 2.75) is 17.7 Å². The zero-order valence-electron chi connectivity index (χ0n) is 17.8. The highest BCUT2D eigenvalue weighted by Crippen LogP contribution is 2.51. The molecule has 2 N–H and O–H groups in total. The van der Waals surface area contributed by atoms with Gasteiger partial charge >= 0.3 is 12.8 Å². The Morgan fingerprint density at radius 2 is 1.67 bits per heavy atom. The summed E-state index contributed by atoms with van der Waals surface area (Å²) in [6.45, 7) is -3.53. The fourth-order valence-corrected chi connectivity index (χ4v) is 5.06. The van der Waals surface area contributed by atoms with Crippen LogP contribution in [0.4, 0.5) is 26.3 Å². The van der Waals surface area contributed by atoms with Crippen molar-refractivity contribution in [2.24, 2.45) is 5.14 Å². The summed E-state index contributed by atoms with van der Waals surface area (Å²) in [7, 11) is -4.80. The first kappa shape index (κ1) is 25.7. The Morgan fingerprint density at radius 1 is 0.972 bits per heavy atom. The zero-order valence-corrected chi connectivity index (χ0v) is 19.4. The number of benzene rings is 3. The molecule has 5 nitrogen and oxygen atoms in total.